The summed E-state index contributed by atoms with van der Waals surface area (Å²) in [4.78, 5) is 25.6. The number of anilines is 1. The van der Waals surface area contributed by atoms with Gasteiger partial charge in [0.15, 0.2) is 0 Å². The third-order valence-electron chi connectivity index (χ3n) is 2.13. The predicted octanol–water partition coefficient (Wildman–Crippen LogP) is 1.71. The normalized spacial score (nSPS) is 10.9. The molecule has 0 fully saturated rings. The van der Waals surface area contributed by atoms with E-state index in [1.54, 1.807) is 0 Å². The lowest BCUT2D eigenvalue weighted by Gasteiger charge is -2.20. The molecular formula is C12H18N4O3. The fourth-order valence-electron chi connectivity index (χ4n) is 1.41. The van der Waals surface area contributed by atoms with Gasteiger partial charge in [-0.15, -0.1) is 0 Å². The maximum atomic E-state index is 11.5. The Hall–Kier alpha value is -2.18. The average molecular weight is 266 g/mol. The number of aromatic nitrogens is 1. The van der Waals surface area contributed by atoms with E-state index < -0.39 is 4.92 Å². The van der Waals surface area contributed by atoms with Crippen LogP contribution in [0.25, 0.3) is 0 Å². The highest BCUT2D eigenvalue weighted by Crippen LogP contribution is 2.13. The molecule has 104 valence electrons. The summed E-state index contributed by atoms with van der Waals surface area (Å²) in [5.41, 5.74) is -0.294. The molecule has 1 rings (SSSR count). The van der Waals surface area contributed by atoms with Crippen LogP contribution in [0, 0.1) is 10.1 Å². The molecule has 1 aromatic heterocycles. The largest absolute Gasteiger partial charge is 0.369 e. The molecule has 0 atom stereocenters. The van der Waals surface area contributed by atoms with Gasteiger partial charge in [0.25, 0.3) is 5.69 Å². The Morgan fingerprint density at radius 2 is 2.16 bits per heavy atom. The standard InChI is InChI=1S/C12H18N4O3/c1-12(2,3)15-11(17)5-7-14-10-8-9(16(18)19)4-6-13-10/h4,6,8H,5,7H2,1-3H3,(H,13,14)(H,15,17). The molecule has 1 aromatic rings. The van der Waals surface area contributed by atoms with Crippen LogP contribution < -0.4 is 10.6 Å². The molecule has 2 N–H and O–H groups in total. The van der Waals surface area contributed by atoms with E-state index in [-0.39, 0.29) is 23.6 Å². The highest BCUT2D eigenvalue weighted by molar-refractivity contribution is 5.77. The third-order valence-corrected chi connectivity index (χ3v) is 2.13. The minimum Gasteiger partial charge on any atom is -0.369 e. The van der Waals surface area contributed by atoms with Gasteiger partial charge in [-0.1, -0.05) is 0 Å². The van der Waals surface area contributed by atoms with Crippen LogP contribution in [0.4, 0.5) is 11.5 Å². The van der Waals surface area contributed by atoms with Gasteiger partial charge in [-0.25, -0.2) is 4.98 Å². The fraction of sp³-hybridized carbons (Fsp3) is 0.500. The molecule has 0 aromatic carbocycles. The Labute approximate surface area is 111 Å². The van der Waals surface area contributed by atoms with Crippen molar-refractivity contribution in [3.8, 4) is 0 Å². The van der Waals surface area contributed by atoms with E-state index in [0.29, 0.717) is 12.4 Å². The summed E-state index contributed by atoms with van der Waals surface area (Å²) in [5.74, 6) is 0.309. The van der Waals surface area contributed by atoms with Crippen LogP contribution in [-0.4, -0.2) is 27.9 Å². The van der Waals surface area contributed by atoms with Crippen molar-refractivity contribution in [3.63, 3.8) is 0 Å². The van der Waals surface area contributed by atoms with Crippen LogP contribution in [-0.2, 0) is 4.79 Å². The Balaban J connectivity index is 2.43. The molecule has 0 bridgehead atoms. The average Bonchev–Trinajstić information content (AvgIpc) is 2.27. The Bertz CT molecular complexity index is 468. The number of nitrogens with zero attached hydrogens (tertiary/aromatic N) is 2. The number of hydrogen-bond acceptors (Lipinski definition) is 5. The first-order chi connectivity index (χ1) is 8.78. The van der Waals surface area contributed by atoms with Gasteiger partial charge >= 0.3 is 0 Å². The molecule has 0 aliphatic rings. The van der Waals surface area contributed by atoms with E-state index in [4.69, 9.17) is 0 Å². The molecule has 0 saturated carbocycles. The molecule has 19 heavy (non-hydrogen) atoms. The summed E-state index contributed by atoms with van der Waals surface area (Å²) in [6.45, 7) is 6.08. The van der Waals surface area contributed by atoms with E-state index in [2.05, 4.69) is 15.6 Å². The number of amides is 1. The molecule has 0 radical (unpaired) electrons. The highest BCUT2D eigenvalue weighted by Gasteiger charge is 2.13. The Morgan fingerprint density at radius 3 is 2.74 bits per heavy atom. The van der Waals surface area contributed by atoms with Crippen molar-refractivity contribution in [1.29, 1.82) is 0 Å². The van der Waals surface area contributed by atoms with Crippen molar-refractivity contribution < 1.29 is 9.72 Å². The van der Waals surface area contributed by atoms with Crippen LogP contribution in [0.15, 0.2) is 18.3 Å². The molecule has 7 nitrogen and oxygen atoms in total. The zero-order valence-electron chi connectivity index (χ0n) is 11.3. The van der Waals surface area contributed by atoms with E-state index in [1.165, 1.54) is 18.3 Å². The summed E-state index contributed by atoms with van der Waals surface area (Å²) >= 11 is 0. The SMILES string of the molecule is CC(C)(C)NC(=O)CCNc1cc([N+](=O)[O-])ccn1. The van der Waals surface area contributed by atoms with E-state index in [9.17, 15) is 14.9 Å². The monoisotopic (exact) mass is 266 g/mol. The summed E-state index contributed by atoms with van der Waals surface area (Å²) in [6.07, 6.45) is 1.64. The summed E-state index contributed by atoms with van der Waals surface area (Å²) in [6, 6.07) is 2.65. The van der Waals surface area contributed by atoms with Crippen molar-refractivity contribution >= 4 is 17.4 Å². The molecule has 0 spiro atoms. The molecule has 0 unspecified atom stereocenters. The molecule has 1 amide bonds. The van der Waals surface area contributed by atoms with Crippen LogP contribution in [0.2, 0.25) is 0 Å². The summed E-state index contributed by atoms with van der Waals surface area (Å²) in [5, 5.41) is 16.3. The molecule has 0 aliphatic carbocycles. The van der Waals surface area contributed by atoms with Gasteiger partial charge in [0, 0.05) is 30.8 Å². The zero-order chi connectivity index (χ0) is 14.5. The van der Waals surface area contributed by atoms with Crippen LogP contribution in [0.1, 0.15) is 27.2 Å². The van der Waals surface area contributed by atoms with Gasteiger partial charge < -0.3 is 10.6 Å². The lowest BCUT2D eigenvalue weighted by Crippen LogP contribution is -2.41. The number of nitro groups is 1. The van der Waals surface area contributed by atoms with Crippen LogP contribution >= 0.6 is 0 Å². The van der Waals surface area contributed by atoms with Crippen molar-refractivity contribution in [2.45, 2.75) is 32.7 Å². The molecule has 0 aliphatic heterocycles. The van der Waals surface area contributed by atoms with Crippen molar-refractivity contribution in [2.75, 3.05) is 11.9 Å². The van der Waals surface area contributed by atoms with Crippen molar-refractivity contribution in [2.24, 2.45) is 0 Å². The number of pyridine rings is 1. The third kappa shape index (κ3) is 5.80. The summed E-state index contributed by atoms with van der Waals surface area (Å²) in [7, 11) is 0. The van der Waals surface area contributed by atoms with Crippen molar-refractivity contribution in [1.82, 2.24) is 10.3 Å². The minimum absolute atomic E-state index is 0.0309. The Morgan fingerprint density at radius 1 is 1.47 bits per heavy atom. The molecular weight excluding hydrogens is 248 g/mol. The number of hydrogen-bond donors (Lipinski definition) is 2. The first kappa shape index (κ1) is 14.9. The lowest BCUT2D eigenvalue weighted by molar-refractivity contribution is -0.384. The van der Waals surface area contributed by atoms with Gasteiger partial charge in [0.2, 0.25) is 5.91 Å². The zero-order valence-corrected chi connectivity index (χ0v) is 11.3. The van der Waals surface area contributed by atoms with Gasteiger partial charge in [0.05, 0.1) is 11.0 Å². The maximum Gasteiger partial charge on any atom is 0.274 e. The van der Waals surface area contributed by atoms with Gasteiger partial charge in [-0.05, 0) is 20.8 Å². The minimum atomic E-state index is -0.487. The molecule has 1 heterocycles. The fourth-order valence-corrected chi connectivity index (χ4v) is 1.41. The number of nitrogens with one attached hydrogen (secondary N) is 2. The first-order valence-corrected chi connectivity index (χ1v) is 5.93. The van der Waals surface area contributed by atoms with Gasteiger partial charge in [-0.3, -0.25) is 14.9 Å². The van der Waals surface area contributed by atoms with Gasteiger partial charge in [-0.2, -0.15) is 0 Å². The maximum absolute atomic E-state index is 11.5. The van der Waals surface area contributed by atoms with Crippen LogP contribution in [0.3, 0.4) is 0 Å². The smallest absolute Gasteiger partial charge is 0.274 e. The first-order valence-electron chi connectivity index (χ1n) is 5.93. The topological polar surface area (TPSA) is 97.2 Å². The second-order valence-corrected chi connectivity index (χ2v) is 5.13. The molecule has 0 saturated heterocycles. The summed E-state index contributed by atoms with van der Waals surface area (Å²) < 4.78 is 0. The lowest BCUT2D eigenvalue weighted by atomic mass is 10.1. The predicted molar refractivity (Wildman–Crippen MR) is 71.9 cm³/mol. The van der Waals surface area contributed by atoms with E-state index in [1.807, 2.05) is 20.8 Å². The number of carbonyl (C=O) groups is 1. The van der Waals surface area contributed by atoms with Crippen LogP contribution in [0.5, 0.6) is 0 Å². The Kier molecular flexibility index (Phi) is 4.80. The highest BCUT2D eigenvalue weighted by atomic mass is 16.6. The molecule has 7 heteroatoms. The van der Waals surface area contributed by atoms with E-state index >= 15 is 0 Å². The second kappa shape index (κ2) is 6.12. The van der Waals surface area contributed by atoms with Crippen molar-refractivity contribution in [3.05, 3.63) is 28.4 Å². The quantitative estimate of drug-likeness (QED) is 0.624. The second-order valence-electron chi connectivity index (χ2n) is 5.13. The van der Waals surface area contributed by atoms with E-state index in [0.717, 1.165) is 0 Å². The number of rotatable bonds is 5. The number of carbonyl (C=O) groups excluding carboxylic acids is 1. The van der Waals surface area contributed by atoms with Gasteiger partial charge in [0.1, 0.15) is 5.82 Å².